The molecule has 0 heterocycles. The number of hydrogen-bond acceptors (Lipinski definition) is 5. The van der Waals surface area contributed by atoms with Gasteiger partial charge in [-0.3, -0.25) is 9.59 Å². The van der Waals surface area contributed by atoms with E-state index in [1.54, 1.807) is 54.6 Å². The standard InChI is InChI=1S/C25H21ClFNO4/c1-16(24(30)18-7-9-19(26)10-8-18)32-25(31)22(28-21-13-11-20(27)12-14-21)15-23(29)17-5-3-2-4-6-17/h2-14,16,22,28H,15H2,1H3/t16-,22+/m0/s1. The maximum absolute atomic E-state index is 13.2. The van der Waals surface area contributed by atoms with Crippen molar-refractivity contribution in [3.63, 3.8) is 0 Å². The normalized spacial score (nSPS) is 12.5. The number of hydrogen-bond donors (Lipinski definition) is 1. The van der Waals surface area contributed by atoms with Crippen molar-refractivity contribution in [1.29, 1.82) is 0 Å². The monoisotopic (exact) mass is 453 g/mol. The molecule has 0 aliphatic carbocycles. The van der Waals surface area contributed by atoms with Gasteiger partial charge in [-0.15, -0.1) is 0 Å². The summed E-state index contributed by atoms with van der Waals surface area (Å²) >= 11 is 5.85. The van der Waals surface area contributed by atoms with E-state index in [4.69, 9.17) is 16.3 Å². The number of anilines is 1. The Morgan fingerprint density at radius 2 is 1.53 bits per heavy atom. The number of ether oxygens (including phenoxy) is 1. The fourth-order valence-electron chi connectivity index (χ4n) is 3.03. The average molecular weight is 454 g/mol. The molecule has 0 saturated carbocycles. The van der Waals surface area contributed by atoms with E-state index in [1.165, 1.54) is 31.2 Å². The summed E-state index contributed by atoms with van der Waals surface area (Å²) in [7, 11) is 0. The second-order valence-corrected chi connectivity index (χ2v) is 7.58. The first-order valence-corrected chi connectivity index (χ1v) is 10.3. The number of benzene rings is 3. The van der Waals surface area contributed by atoms with Gasteiger partial charge in [-0.05, 0) is 55.5 Å². The Hall–Kier alpha value is -3.51. The summed E-state index contributed by atoms with van der Waals surface area (Å²) in [6, 6.07) is 19.0. The van der Waals surface area contributed by atoms with Crippen molar-refractivity contribution in [3.8, 4) is 0 Å². The summed E-state index contributed by atoms with van der Waals surface area (Å²) in [4.78, 5) is 38.2. The van der Waals surface area contributed by atoms with E-state index < -0.39 is 29.7 Å². The molecule has 0 aliphatic rings. The highest BCUT2D eigenvalue weighted by Gasteiger charge is 2.28. The SMILES string of the molecule is C[C@H](OC(=O)[C@@H](CC(=O)c1ccccc1)Nc1ccc(F)cc1)C(=O)c1ccc(Cl)cc1. The molecule has 1 N–H and O–H groups in total. The fourth-order valence-corrected chi connectivity index (χ4v) is 3.15. The van der Waals surface area contributed by atoms with Gasteiger partial charge in [-0.25, -0.2) is 9.18 Å². The Kier molecular flexibility index (Phi) is 7.73. The van der Waals surface area contributed by atoms with Gasteiger partial charge in [0.25, 0.3) is 0 Å². The van der Waals surface area contributed by atoms with Crippen LogP contribution in [-0.4, -0.2) is 29.7 Å². The van der Waals surface area contributed by atoms with Gasteiger partial charge < -0.3 is 10.1 Å². The molecule has 3 aromatic carbocycles. The molecule has 0 saturated heterocycles. The van der Waals surface area contributed by atoms with Crippen molar-refractivity contribution in [1.82, 2.24) is 0 Å². The Bertz CT molecular complexity index is 1090. The van der Waals surface area contributed by atoms with E-state index in [0.717, 1.165) is 0 Å². The minimum absolute atomic E-state index is 0.206. The quantitative estimate of drug-likeness (QED) is 0.349. The van der Waals surface area contributed by atoms with Crippen LogP contribution < -0.4 is 5.32 Å². The lowest BCUT2D eigenvalue weighted by molar-refractivity contribution is -0.147. The lowest BCUT2D eigenvalue weighted by Crippen LogP contribution is -2.37. The topological polar surface area (TPSA) is 72.5 Å². The van der Waals surface area contributed by atoms with E-state index in [1.807, 2.05) is 0 Å². The molecular weight excluding hydrogens is 433 g/mol. The molecule has 0 radical (unpaired) electrons. The minimum atomic E-state index is -1.08. The molecule has 0 bridgehead atoms. The van der Waals surface area contributed by atoms with Crippen molar-refractivity contribution < 1.29 is 23.5 Å². The van der Waals surface area contributed by atoms with Crippen LogP contribution in [0.3, 0.4) is 0 Å². The van der Waals surface area contributed by atoms with Crippen molar-refractivity contribution in [2.45, 2.75) is 25.5 Å². The number of rotatable bonds is 9. The Balaban J connectivity index is 1.75. The lowest BCUT2D eigenvalue weighted by Gasteiger charge is -2.21. The van der Waals surface area contributed by atoms with E-state index in [-0.39, 0.29) is 12.2 Å². The molecule has 32 heavy (non-hydrogen) atoms. The minimum Gasteiger partial charge on any atom is -0.453 e. The molecule has 0 spiro atoms. The molecule has 0 fully saturated rings. The van der Waals surface area contributed by atoms with Crippen LogP contribution in [0.15, 0.2) is 78.9 Å². The van der Waals surface area contributed by atoms with Crippen LogP contribution in [-0.2, 0) is 9.53 Å². The predicted octanol–water partition coefficient (Wildman–Crippen LogP) is 5.35. The first kappa shape index (κ1) is 23.2. The van der Waals surface area contributed by atoms with Crippen molar-refractivity contribution in [3.05, 3.63) is 101 Å². The summed E-state index contributed by atoms with van der Waals surface area (Å²) in [5.41, 5.74) is 1.22. The van der Waals surface area contributed by atoms with Crippen LogP contribution >= 0.6 is 11.6 Å². The van der Waals surface area contributed by atoms with Gasteiger partial charge in [0.2, 0.25) is 5.78 Å². The number of ketones is 2. The van der Waals surface area contributed by atoms with Crippen LogP contribution in [0, 0.1) is 5.82 Å². The van der Waals surface area contributed by atoms with Crippen LogP contribution in [0.25, 0.3) is 0 Å². The lowest BCUT2D eigenvalue weighted by atomic mass is 10.0. The molecular formula is C25H21ClFNO4. The average Bonchev–Trinajstić information content (AvgIpc) is 2.80. The molecule has 0 aliphatic heterocycles. The van der Waals surface area contributed by atoms with Crippen molar-refractivity contribution in [2.75, 3.05) is 5.32 Å². The Morgan fingerprint density at radius 1 is 0.906 bits per heavy atom. The number of esters is 1. The highest BCUT2D eigenvalue weighted by Crippen LogP contribution is 2.17. The van der Waals surface area contributed by atoms with Crippen LogP contribution in [0.5, 0.6) is 0 Å². The molecule has 7 heteroatoms. The largest absolute Gasteiger partial charge is 0.453 e. The maximum Gasteiger partial charge on any atom is 0.329 e. The Morgan fingerprint density at radius 3 is 2.16 bits per heavy atom. The van der Waals surface area contributed by atoms with E-state index in [0.29, 0.717) is 21.8 Å². The third-order valence-electron chi connectivity index (χ3n) is 4.75. The molecule has 3 rings (SSSR count). The zero-order valence-electron chi connectivity index (χ0n) is 17.3. The van der Waals surface area contributed by atoms with E-state index in [2.05, 4.69) is 5.32 Å². The highest BCUT2D eigenvalue weighted by atomic mass is 35.5. The van der Waals surface area contributed by atoms with Gasteiger partial charge in [0.15, 0.2) is 11.9 Å². The van der Waals surface area contributed by atoms with Gasteiger partial charge in [-0.1, -0.05) is 41.9 Å². The highest BCUT2D eigenvalue weighted by molar-refractivity contribution is 6.30. The summed E-state index contributed by atoms with van der Waals surface area (Å²) < 4.78 is 18.6. The molecule has 2 atom stereocenters. The smallest absolute Gasteiger partial charge is 0.329 e. The van der Waals surface area contributed by atoms with Crippen molar-refractivity contribution >= 4 is 34.8 Å². The van der Waals surface area contributed by atoms with Gasteiger partial charge in [0.05, 0.1) is 0 Å². The van der Waals surface area contributed by atoms with E-state index in [9.17, 15) is 18.8 Å². The number of carbonyl (C=O) groups is 3. The van der Waals surface area contributed by atoms with Crippen LogP contribution in [0.4, 0.5) is 10.1 Å². The molecule has 3 aromatic rings. The van der Waals surface area contributed by atoms with Gasteiger partial charge >= 0.3 is 5.97 Å². The predicted molar refractivity (Wildman–Crippen MR) is 121 cm³/mol. The van der Waals surface area contributed by atoms with Gasteiger partial charge in [0.1, 0.15) is 11.9 Å². The second kappa shape index (κ2) is 10.7. The maximum atomic E-state index is 13.2. The number of Topliss-reactive ketones (excluding diaryl/α,β-unsaturated/α-hetero) is 2. The van der Waals surface area contributed by atoms with Crippen molar-refractivity contribution in [2.24, 2.45) is 0 Å². The zero-order chi connectivity index (χ0) is 23.1. The molecule has 0 unspecified atom stereocenters. The summed E-state index contributed by atoms with van der Waals surface area (Å²) in [5.74, 6) is -1.88. The number of carbonyl (C=O) groups excluding carboxylic acids is 3. The summed E-state index contributed by atoms with van der Waals surface area (Å²) in [6.07, 6.45) is -1.28. The molecule has 164 valence electrons. The number of halogens is 2. The van der Waals surface area contributed by atoms with Crippen LogP contribution in [0.2, 0.25) is 5.02 Å². The third-order valence-corrected chi connectivity index (χ3v) is 5.00. The summed E-state index contributed by atoms with van der Waals surface area (Å²) in [5, 5.41) is 3.39. The van der Waals surface area contributed by atoms with Crippen LogP contribution in [0.1, 0.15) is 34.1 Å². The van der Waals surface area contributed by atoms with Gasteiger partial charge in [0, 0.05) is 28.3 Å². The Labute approximate surface area is 190 Å². The molecule has 5 nitrogen and oxygen atoms in total. The fraction of sp³-hybridized carbons (Fsp3) is 0.160. The molecule has 0 aromatic heterocycles. The van der Waals surface area contributed by atoms with E-state index >= 15 is 0 Å². The molecule has 0 amide bonds. The number of nitrogens with one attached hydrogen (secondary N) is 1. The first-order chi connectivity index (χ1) is 15.3. The first-order valence-electron chi connectivity index (χ1n) is 9.94. The summed E-state index contributed by atoms with van der Waals surface area (Å²) in [6.45, 7) is 1.46. The third kappa shape index (κ3) is 6.25. The second-order valence-electron chi connectivity index (χ2n) is 7.15. The van der Waals surface area contributed by atoms with Gasteiger partial charge in [-0.2, -0.15) is 0 Å². The zero-order valence-corrected chi connectivity index (χ0v) is 18.0.